The van der Waals surface area contributed by atoms with Gasteiger partial charge in [-0.25, -0.2) is 0 Å². The highest BCUT2D eigenvalue weighted by Gasteiger charge is 2.28. The zero-order chi connectivity index (χ0) is 15.4. The van der Waals surface area contributed by atoms with E-state index in [4.69, 9.17) is 14.2 Å². The van der Waals surface area contributed by atoms with E-state index in [0.717, 1.165) is 30.9 Å². The lowest BCUT2D eigenvalue weighted by molar-refractivity contribution is -0.147. The largest absolute Gasteiger partial charge is 0.493 e. The summed E-state index contributed by atoms with van der Waals surface area (Å²) in [5, 5.41) is 9.17. The van der Waals surface area contributed by atoms with Crippen molar-refractivity contribution in [2.24, 2.45) is 11.8 Å². The van der Waals surface area contributed by atoms with Gasteiger partial charge in [0.05, 0.1) is 25.2 Å². The summed E-state index contributed by atoms with van der Waals surface area (Å²) in [5.41, 5.74) is 0.992. The predicted octanol–water partition coefficient (Wildman–Crippen LogP) is 2.65. The van der Waals surface area contributed by atoms with Crippen LogP contribution in [0.4, 0.5) is 0 Å². The predicted molar refractivity (Wildman–Crippen MR) is 79.9 cm³/mol. The molecular weight excluding hydrogens is 284 g/mol. The Balaban J connectivity index is 1.61. The van der Waals surface area contributed by atoms with Gasteiger partial charge in [-0.2, -0.15) is 0 Å². The number of hydrogen-bond acceptors (Lipinski definition) is 4. The summed E-state index contributed by atoms with van der Waals surface area (Å²) in [5.74, 6) is 0.220. The van der Waals surface area contributed by atoms with Crippen molar-refractivity contribution in [3.05, 3.63) is 29.8 Å². The van der Waals surface area contributed by atoms with Gasteiger partial charge in [-0.15, -0.1) is 0 Å². The van der Waals surface area contributed by atoms with E-state index in [0.29, 0.717) is 32.0 Å². The van der Waals surface area contributed by atoms with Crippen LogP contribution < -0.4 is 4.74 Å². The number of aliphatic carboxylic acids is 1. The molecule has 2 saturated heterocycles. The van der Waals surface area contributed by atoms with Crippen molar-refractivity contribution in [3.8, 4) is 5.75 Å². The third kappa shape index (κ3) is 3.78. The molecule has 1 N–H and O–H groups in total. The third-order valence-corrected chi connectivity index (χ3v) is 4.37. The molecule has 22 heavy (non-hydrogen) atoms. The first-order chi connectivity index (χ1) is 10.7. The summed E-state index contributed by atoms with van der Waals surface area (Å²) < 4.78 is 16.9. The van der Waals surface area contributed by atoms with E-state index in [2.05, 4.69) is 0 Å². The molecular formula is C17H22O5. The van der Waals surface area contributed by atoms with Crippen molar-refractivity contribution in [3.63, 3.8) is 0 Å². The molecule has 3 rings (SSSR count). The Hall–Kier alpha value is -1.59. The molecule has 3 atom stereocenters. The van der Waals surface area contributed by atoms with Gasteiger partial charge in [-0.05, 0) is 37.0 Å². The molecule has 2 aliphatic heterocycles. The van der Waals surface area contributed by atoms with Gasteiger partial charge in [0.2, 0.25) is 0 Å². The van der Waals surface area contributed by atoms with Crippen molar-refractivity contribution in [1.29, 1.82) is 0 Å². The molecule has 0 aliphatic carbocycles. The lowest BCUT2D eigenvalue weighted by atomic mass is 9.92. The normalized spacial score (nSPS) is 28.5. The van der Waals surface area contributed by atoms with Crippen molar-refractivity contribution < 1.29 is 24.1 Å². The Kier molecular flexibility index (Phi) is 4.95. The molecule has 2 heterocycles. The molecule has 0 aromatic heterocycles. The van der Waals surface area contributed by atoms with Crippen LogP contribution in [-0.2, 0) is 14.3 Å². The second-order valence-corrected chi connectivity index (χ2v) is 6.03. The van der Waals surface area contributed by atoms with Crippen molar-refractivity contribution in [1.82, 2.24) is 0 Å². The van der Waals surface area contributed by atoms with E-state index in [9.17, 15) is 9.90 Å². The minimum absolute atomic E-state index is 0.159. The topological polar surface area (TPSA) is 65.0 Å². The van der Waals surface area contributed by atoms with Crippen LogP contribution >= 0.6 is 0 Å². The van der Waals surface area contributed by atoms with Gasteiger partial charge in [-0.3, -0.25) is 4.79 Å². The lowest BCUT2D eigenvalue weighted by Gasteiger charge is -2.27. The van der Waals surface area contributed by atoms with E-state index in [1.807, 2.05) is 24.3 Å². The molecule has 5 heteroatoms. The summed E-state index contributed by atoms with van der Waals surface area (Å²) in [6.07, 6.45) is 2.00. The Morgan fingerprint density at radius 1 is 1.32 bits per heavy atom. The van der Waals surface area contributed by atoms with E-state index in [1.165, 1.54) is 0 Å². The molecule has 0 spiro atoms. The lowest BCUT2D eigenvalue weighted by Crippen LogP contribution is -2.25. The van der Waals surface area contributed by atoms with Crippen LogP contribution in [0.2, 0.25) is 0 Å². The van der Waals surface area contributed by atoms with Crippen molar-refractivity contribution in [2.45, 2.75) is 25.4 Å². The minimum atomic E-state index is -0.734. The fraction of sp³-hybridized carbons (Fsp3) is 0.588. The van der Waals surface area contributed by atoms with E-state index >= 15 is 0 Å². The molecule has 2 unspecified atom stereocenters. The first kappa shape index (κ1) is 15.3. The fourth-order valence-corrected chi connectivity index (χ4v) is 2.99. The highest BCUT2D eigenvalue weighted by molar-refractivity contribution is 5.70. The summed E-state index contributed by atoms with van der Waals surface area (Å²) in [6, 6.07) is 7.80. The summed E-state index contributed by atoms with van der Waals surface area (Å²) in [6.45, 7) is 2.74. The second kappa shape index (κ2) is 7.11. The standard InChI is InChI=1S/C17H22O5/c18-17(19)14-5-7-21-16(9-14)13-2-1-3-15(8-13)22-11-12-4-6-20-10-12/h1-3,8,12,14,16H,4-7,9-11H2,(H,18,19)/t12-,14?,16?/m0/s1. The van der Waals surface area contributed by atoms with Crippen molar-refractivity contribution in [2.75, 3.05) is 26.4 Å². The average Bonchev–Trinajstić information content (AvgIpc) is 3.07. The highest BCUT2D eigenvalue weighted by Crippen LogP contribution is 2.33. The van der Waals surface area contributed by atoms with Crippen LogP contribution in [0.5, 0.6) is 5.75 Å². The van der Waals surface area contributed by atoms with Gasteiger partial charge in [0.1, 0.15) is 5.75 Å². The van der Waals surface area contributed by atoms with Gasteiger partial charge in [-0.1, -0.05) is 12.1 Å². The molecule has 0 amide bonds. The molecule has 1 aromatic rings. The summed E-state index contributed by atoms with van der Waals surface area (Å²) >= 11 is 0. The van der Waals surface area contributed by atoms with E-state index in [1.54, 1.807) is 0 Å². The minimum Gasteiger partial charge on any atom is -0.493 e. The zero-order valence-corrected chi connectivity index (χ0v) is 12.6. The zero-order valence-electron chi connectivity index (χ0n) is 12.6. The summed E-state index contributed by atoms with van der Waals surface area (Å²) in [7, 11) is 0. The molecule has 2 fully saturated rings. The second-order valence-electron chi connectivity index (χ2n) is 6.03. The van der Waals surface area contributed by atoms with Crippen LogP contribution in [0, 0.1) is 11.8 Å². The monoisotopic (exact) mass is 306 g/mol. The molecule has 1 aromatic carbocycles. The number of benzene rings is 1. The van der Waals surface area contributed by atoms with Gasteiger partial charge in [0.25, 0.3) is 0 Å². The maximum Gasteiger partial charge on any atom is 0.306 e. The fourth-order valence-electron chi connectivity index (χ4n) is 2.99. The molecule has 0 saturated carbocycles. The first-order valence-corrected chi connectivity index (χ1v) is 7.87. The molecule has 0 radical (unpaired) electrons. The molecule has 5 nitrogen and oxygen atoms in total. The van der Waals surface area contributed by atoms with Gasteiger partial charge >= 0.3 is 5.97 Å². The number of rotatable bonds is 5. The number of ether oxygens (including phenoxy) is 3. The van der Waals surface area contributed by atoms with Gasteiger partial charge in [0.15, 0.2) is 0 Å². The van der Waals surface area contributed by atoms with Crippen molar-refractivity contribution >= 4 is 5.97 Å². The number of carboxylic acid groups (broad SMARTS) is 1. The van der Waals surface area contributed by atoms with E-state index < -0.39 is 5.97 Å². The Labute approximate surface area is 130 Å². The number of carboxylic acids is 1. The Bertz CT molecular complexity index is 510. The van der Waals surface area contributed by atoms with Crippen LogP contribution in [0.15, 0.2) is 24.3 Å². The first-order valence-electron chi connectivity index (χ1n) is 7.87. The third-order valence-electron chi connectivity index (χ3n) is 4.37. The Morgan fingerprint density at radius 2 is 2.23 bits per heavy atom. The smallest absolute Gasteiger partial charge is 0.306 e. The van der Waals surface area contributed by atoms with Crippen LogP contribution in [0.3, 0.4) is 0 Å². The highest BCUT2D eigenvalue weighted by atomic mass is 16.5. The van der Waals surface area contributed by atoms with Gasteiger partial charge < -0.3 is 19.3 Å². The maximum atomic E-state index is 11.2. The molecule has 0 bridgehead atoms. The van der Waals surface area contributed by atoms with Crippen LogP contribution in [0.1, 0.15) is 30.9 Å². The maximum absolute atomic E-state index is 11.2. The SMILES string of the molecule is O=C(O)C1CCOC(c2cccc(OC[C@H]3CCOC3)c2)C1. The number of carbonyl (C=O) groups is 1. The molecule has 120 valence electrons. The van der Waals surface area contributed by atoms with Gasteiger partial charge in [0, 0.05) is 19.1 Å². The Morgan fingerprint density at radius 3 is 3.00 bits per heavy atom. The van der Waals surface area contributed by atoms with Crippen LogP contribution in [-0.4, -0.2) is 37.5 Å². The average molecular weight is 306 g/mol. The van der Waals surface area contributed by atoms with E-state index in [-0.39, 0.29) is 12.0 Å². The quantitative estimate of drug-likeness (QED) is 0.906. The number of hydrogen-bond donors (Lipinski definition) is 1. The molecule has 2 aliphatic rings. The summed E-state index contributed by atoms with van der Waals surface area (Å²) in [4.78, 5) is 11.2. The van der Waals surface area contributed by atoms with Crippen LogP contribution in [0.25, 0.3) is 0 Å².